The number of carboxylic acid groups (broad SMARTS) is 1. The van der Waals surface area contributed by atoms with Crippen molar-refractivity contribution < 1.29 is 40.3 Å². The van der Waals surface area contributed by atoms with Crippen LogP contribution in [0.2, 0.25) is 10.0 Å². The van der Waals surface area contributed by atoms with E-state index >= 15 is 0 Å². The van der Waals surface area contributed by atoms with Gasteiger partial charge >= 0.3 is 16.0 Å². The Morgan fingerprint density at radius 3 is 2.20 bits per heavy atom. The van der Waals surface area contributed by atoms with Crippen LogP contribution in [0.5, 0.6) is 0 Å². The second-order valence-electron chi connectivity index (χ2n) is 12.1. The number of quaternary nitrogens is 1. The van der Waals surface area contributed by atoms with E-state index in [0.29, 0.717) is 36.9 Å². The van der Waals surface area contributed by atoms with E-state index in [1.54, 1.807) is 29.3 Å². The first kappa shape index (κ1) is 36.7. The van der Waals surface area contributed by atoms with Crippen LogP contribution in [0.25, 0.3) is 0 Å². The summed E-state index contributed by atoms with van der Waals surface area (Å²) in [5, 5.41) is 17.1. The third-order valence-electron chi connectivity index (χ3n) is 8.84. The van der Waals surface area contributed by atoms with Gasteiger partial charge in [-0.1, -0.05) is 41.4 Å². The zero-order valence-electron chi connectivity index (χ0n) is 26.5. The Labute approximate surface area is 294 Å². The Morgan fingerprint density at radius 2 is 1.59 bits per heavy atom. The molecule has 0 spiro atoms. The van der Waals surface area contributed by atoms with Crippen LogP contribution in [0.3, 0.4) is 0 Å². The van der Waals surface area contributed by atoms with Crippen LogP contribution in [0, 0.1) is 0 Å². The number of amides is 2. The van der Waals surface area contributed by atoms with Crippen molar-refractivity contribution in [1.82, 2.24) is 15.3 Å². The third-order valence-corrected chi connectivity index (χ3v) is 12.8. The topological polar surface area (TPSA) is 180 Å². The largest absolute Gasteiger partial charge is 0.480 e. The van der Waals surface area contributed by atoms with E-state index < -0.39 is 53.7 Å². The first-order valence-corrected chi connectivity index (χ1v) is 19.6. The van der Waals surface area contributed by atoms with E-state index in [1.807, 2.05) is 0 Å². The van der Waals surface area contributed by atoms with Crippen LogP contribution in [0.15, 0.2) is 70.7 Å². The van der Waals surface area contributed by atoms with Gasteiger partial charge in [0.2, 0.25) is 5.91 Å². The molecule has 2 aliphatic heterocycles. The fourth-order valence-corrected chi connectivity index (χ4v) is 9.81. The van der Waals surface area contributed by atoms with E-state index in [4.69, 9.17) is 23.2 Å². The van der Waals surface area contributed by atoms with Crippen molar-refractivity contribution >= 4 is 66.5 Å². The summed E-state index contributed by atoms with van der Waals surface area (Å²) in [4.78, 5) is 42.4. The quantitative estimate of drug-likeness (QED) is 0.243. The predicted molar refractivity (Wildman–Crippen MR) is 182 cm³/mol. The molecule has 1 aromatic heterocycles. The number of aromatic nitrogens is 1. The fraction of sp³-hybridized carbons (Fsp3) is 0.375. The number of hydrogen-bond donors (Lipinski definition) is 3. The average Bonchev–Trinajstić information content (AvgIpc) is 3.56. The van der Waals surface area contributed by atoms with Gasteiger partial charge in [0.05, 0.1) is 20.5 Å². The third kappa shape index (κ3) is 7.76. The number of nitrogens with one attached hydrogen (secondary N) is 2. The van der Waals surface area contributed by atoms with Crippen LogP contribution >= 0.6 is 23.2 Å². The van der Waals surface area contributed by atoms with Gasteiger partial charge in [-0.2, -0.15) is 8.42 Å². The van der Waals surface area contributed by atoms with Crippen molar-refractivity contribution in [3.05, 3.63) is 82.1 Å². The number of rotatable bonds is 11. The molecule has 2 atom stereocenters. The average molecular weight is 754 g/mol. The number of carboxylic acids is 1. The molecule has 5 rings (SSSR count). The number of halogens is 2. The van der Waals surface area contributed by atoms with Crippen molar-refractivity contribution in [2.75, 3.05) is 31.2 Å². The first-order valence-electron chi connectivity index (χ1n) is 15.6. The molecule has 49 heavy (non-hydrogen) atoms. The molecule has 2 aliphatic rings. The summed E-state index contributed by atoms with van der Waals surface area (Å²) in [5.41, 5.74) is 1.01. The molecule has 2 unspecified atom stereocenters. The maximum atomic E-state index is 14.4. The van der Waals surface area contributed by atoms with Gasteiger partial charge in [-0.25, -0.2) is 13.2 Å². The van der Waals surface area contributed by atoms with E-state index in [2.05, 4.69) is 15.6 Å². The van der Waals surface area contributed by atoms with Crippen LogP contribution in [0.1, 0.15) is 48.0 Å². The maximum absolute atomic E-state index is 14.4. The van der Waals surface area contributed by atoms with Crippen molar-refractivity contribution in [3.8, 4) is 0 Å². The molecular weight excluding hydrogens is 717 g/mol. The number of pyridine rings is 1. The van der Waals surface area contributed by atoms with Gasteiger partial charge in [0.1, 0.15) is 30.1 Å². The zero-order valence-corrected chi connectivity index (χ0v) is 29.7. The van der Waals surface area contributed by atoms with Gasteiger partial charge in [-0.15, -0.1) is 9.01 Å². The summed E-state index contributed by atoms with van der Waals surface area (Å²) in [6.45, 7) is 0.671. The lowest BCUT2D eigenvalue weighted by atomic mass is 10.0. The molecule has 13 nitrogen and oxygen atoms in total. The molecule has 2 aromatic carbocycles. The molecule has 2 amide bonds. The molecule has 0 bridgehead atoms. The molecule has 0 radical (unpaired) electrons. The molecule has 262 valence electrons. The van der Waals surface area contributed by atoms with Gasteiger partial charge in [0, 0.05) is 37.3 Å². The predicted octanol–water partition coefficient (Wildman–Crippen LogP) is 3.93. The molecule has 2 fully saturated rings. The number of piperidine rings is 1. The number of anilines is 1. The molecule has 3 aromatic rings. The van der Waals surface area contributed by atoms with Crippen molar-refractivity contribution in [1.29, 1.82) is 0 Å². The summed E-state index contributed by atoms with van der Waals surface area (Å²) in [6.07, 6.45) is 6.30. The Morgan fingerprint density at radius 1 is 0.959 bits per heavy atom. The Hall–Kier alpha value is -3.60. The lowest BCUT2D eigenvalue weighted by Crippen LogP contribution is -2.68. The number of sulfone groups is 1. The van der Waals surface area contributed by atoms with Crippen molar-refractivity contribution in [3.63, 3.8) is 0 Å². The first-order chi connectivity index (χ1) is 23.1. The lowest BCUT2D eigenvalue weighted by molar-refractivity contribution is -0.933. The molecule has 3 heterocycles. The highest BCUT2D eigenvalue weighted by atomic mass is 35.5. The van der Waals surface area contributed by atoms with Crippen molar-refractivity contribution in [2.24, 2.45) is 0 Å². The minimum atomic E-state index is -4.23. The molecule has 2 saturated heterocycles. The number of carbonyl (C=O) groups is 3. The number of nitrogens with zero attached hydrogens (tertiary/aromatic N) is 3. The summed E-state index contributed by atoms with van der Waals surface area (Å²) >= 11 is 12.1. The van der Waals surface area contributed by atoms with Crippen molar-refractivity contribution in [2.45, 2.75) is 60.4 Å². The second-order valence-corrected chi connectivity index (χ2v) is 17.1. The number of carbonyl (C=O) groups excluding carboxylic acids is 2. The van der Waals surface area contributed by atoms with Crippen LogP contribution in [0.4, 0.5) is 5.69 Å². The highest BCUT2D eigenvalue weighted by Crippen LogP contribution is 2.37. The molecule has 17 heteroatoms. The summed E-state index contributed by atoms with van der Waals surface area (Å²) in [5.74, 6) is -2.44. The van der Waals surface area contributed by atoms with Gasteiger partial charge < -0.3 is 15.7 Å². The zero-order chi connectivity index (χ0) is 35.6. The van der Waals surface area contributed by atoms with E-state index in [-0.39, 0.29) is 51.5 Å². The van der Waals surface area contributed by atoms with Crippen LogP contribution < -0.4 is 10.6 Å². The lowest BCUT2D eigenvalue weighted by Gasteiger charge is -2.46. The monoisotopic (exact) mass is 752 g/mol. The highest BCUT2D eigenvalue weighted by Gasteiger charge is 2.55. The minimum absolute atomic E-state index is 0.0564. The number of aliphatic carboxylic acids is 1. The summed E-state index contributed by atoms with van der Waals surface area (Å²) in [6, 6.07) is 9.36. The Balaban J connectivity index is 1.33. The number of benzene rings is 2. The minimum Gasteiger partial charge on any atom is -0.480 e. The molecule has 0 saturated carbocycles. The highest BCUT2D eigenvalue weighted by molar-refractivity contribution is 7.90. The van der Waals surface area contributed by atoms with Crippen LogP contribution in [-0.4, -0.2) is 91.7 Å². The standard InChI is InChI=1S/C32H35Cl2N5O8S2/c1-48(44,45)23-7-5-8-24(18-23)49(46,47)39(15-3-2-4-16-39)38-14-6-9-28(38)30(40)37-27(32(42)43)17-21-10-12-22(13-11-21)36-31(41)29-25(33)19-35-20-26(29)34/h5,7-8,10-13,18-20,27-28H,2-4,6,9,14-17H2,1H3,(H2-,36,37,40,41,42,43)/p+1. The maximum Gasteiger partial charge on any atom is 0.345 e. The van der Waals surface area contributed by atoms with E-state index in [9.17, 15) is 36.3 Å². The smallest absolute Gasteiger partial charge is 0.345 e. The Kier molecular flexibility index (Phi) is 11.0. The second kappa shape index (κ2) is 14.7. The van der Waals surface area contributed by atoms with E-state index in [1.165, 1.54) is 30.6 Å². The fourth-order valence-electron chi connectivity index (χ4n) is 6.41. The molecule has 3 N–H and O–H groups in total. The molecular formula is C32H36Cl2N5O8S2+. The number of hydrogen-bond acceptors (Lipinski definition) is 9. The van der Waals surface area contributed by atoms with Gasteiger partial charge in [-0.3, -0.25) is 14.6 Å². The molecule has 0 aliphatic carbocycles. The van der Waals surface area contributed by atoms with E-state index in [0.717, 1.165) is 18.7 Å². The van der Waals surface area contributed by atoms with Gasteiger partial charge in [0.15, 0.2) is 9.84 Å². The Bertz CT molecular complexity index is 1950. The normalized spacial score (nSPS) is 18.8. The van der Waals surface area contributed by atoms with Gasteiger partial charge in [0.25, 0.3) is 5.91 Å². The summed E-state index contributed by atoms with van der Waals surface area (Å²) in [7, 11) is -7.91. The SMILES string of the molecule is CS(=O)(=O)c1cccc(S(=O)(=O)[N+]2(N3CCCC3C(=O)NC(Cc3ccc(NC(=O)c4c(Cl)cncc4Cl)cc3)C(=O)O)CCCCC2)c1. The number of sulfonamides is 1. The summed E-state index contributed by atoms with van der Waals surface area (Å²) < 4.78 is 52.7. The van der Waals surface area contributed by atoms with Gasteiger partial charge in [-0.05, 0) is 68.0 Å². The van der Waals surface area contributed by atoms with Crippen LogP contribution in [-0.2, 0) is 35.9 Å².